The maximum atomic E-state index is 12.8. The van der Waals surface area contributed by atoms with Crippen LogP contribution in [0.2, 0.25) is 0 Å². The highest BCUT2D eigenvalue weighted by Crippen LogP contribution is 2.25. The van der Waals surface area contributed by atoms with Crippen molar-refractivity contribution in [3.05, 3.63) is 131 Å². The zero-order chi connectivity index (χ0) is 26.3. The molecule has 190 valence electrons. The lowest BCUT2D eigenvalue weighted by Crippen LogP contribution is -2.33. The summed E-state index contributed by atoms with van der Waals surface area (Å²) in [4.78, 5) is 12.8. The number of carbonyl (C=O) groups is 1. The fraction of sp³-hybridized carbons (Fsp3) is 0.167. The third-order valence-corrected chi connectivity index (χ3v) is 7.05. The lowest BCUT2D eigenvalue weighted by atomic mass is 9.99. The van der Waals surface area contributed by atoms with E-state index in [1.807, 2.05) is 91.9 Å². The van der Waals surface area contributed by atoms with Crippen molar-refractivity contribution in [2.24, 2.45) is 0 Å². The van der Waals surface area contributed by atoms with E-state index in [9.17, 15) is 13.2 Å². The molecule has 4 rings (SSSR count). The molecule has 6 nitrogen and oxygen atoms in total. The minimum Gasteiger partial charge on any atom is -0.484 e. The fourth-order valence-corrected chi connectivity index (χ4v) is 4.86. The molecule has 0 aliphatic rings. The minimum absolute atomic E-state index is 0.172. The molecule has 4 aromatic rings. The first-order valence-corrected chi connectivity index (χ1v) is 13.8. The first kappa shape index (κ1) is 26.0. The summed E-state index contributed by atoms with van der Waals surface area (Å²) in [7, 11) is -3.50. The average molecular weight is 515 g/mol. The van der Waals surface area contributed by atoms with Crippen LogP contribution in [0.25, 0.3) is 0 Å². The van der Waals surface area contributed by atoms with Crippen LogP contribution >= 0.6 is 0 Å². The second-order valence-corrected chi connectivity index (χ2v) is 10.8. The van der Waals surface area contributed by atoms with Crippen LogP contribution in [0.3, 0.4) is 0 Å². The largest absolute Gasteiger partial charge is 0.484 e. The first-order chi connectivity index (χ1) is 17.8. The molecule has 0 radical (unpaired) electrons. The predicted molar refractivity (Wildman–Crippen MR) is 147 cm³/mol. The van der Waals surface area contributed by atoms with Gasteiger partial charge in [-0.15, -0.1) is 0 Å². The van der Waals surface area contributed by atoms with Gasteiger partial charge in [0.1, 0.15) is 5.75 Å². The highest BCUT2D eigenvalue weighted by Gasteiger charge is 2.19. The van der Waals surface area contributed by atoms with Gasteiger partial charge in [0.15, 0.2) is 6.61 Å². The Morgan fingerprint density at radius 3 is 1.86 bits per heavy atom. The number of hydrogen-bond acceptors (Lipinski definition) is 4. The second-order valence-electron chi connectivity index (χ2n) is 8.86. The molecule has 4 aromatic carbocycles. The summed E-state index contributed by atoms with van der Waals surface area (Å²) in [5.74, 6) is 0.206. The molecule has 0 spiro atoms. The Kier molecular flexibility index (Phi) is 8.25. The first-order valence-electron chi connectivity index (χ1n) is 11.9. The summed E-state index contributed by atoms with van der Waals surface area (Å²) >= 11 is 0. The van der Waals surface area contributed by atoms with Gasteiger partial charge in [-0.25, -0.2) is 8.42 Å². The van der Waals surface area contributed by atoms with Crippen LogP contribution in [0.4, 0.5) is 5.69 Å². The van der Waals surface area contributed by atoms with E-state index in [2.05, 4.69) is 5.32 Å². The van der Waals surface area contributed by atoms with Gasteiger partial charge in [0.2, 0.25) is 10.0 Å². The van der Waals surface area contributed by atoms with E-state index in [0.717, 1.165) is 22.3 Å². The number of carbonyl (C=O) groups excluding carboxylic acids is 1. The summed E-state index contributed by atoms with van der Waals surface area (Å²) in [5.41, 5.74) is 4.47. The lowest BCUT2D eigenvalue weighted by molar-refractivity contribution is -0.123. The SMILES string of the molecule is Cc1ccc(CN(c2ccc(OCC(=O)NC(c3ccccc3)c3ccccc3)cc2)S(C)(=O)=O)cc1. The Labute approximate surface area is 218 Å². The number of hydrogen-bond donors (Lipinski definition) is 1. The molecule has 0 atom stereocenters. The summed E-state index contributed by atoms with van der Waals surface area (Å²) in [5, 5.41) is 3.05. The van der Waals surface area contributed by atoms with E-state index in [-0.39, 0.29) is 25.1 Å². The molecule has 1 N–H and O–H groups in total. The van der Waals surface area contributed by atoms with E-state index in [1.54, 1.807) is 24.3 Å². The van der Waals surface area contributed by atoms with Crippen LogP contribution in [0.1, 0.15) is 28.3 Å². The fourth-order valence-electron chi connectivity index (χ4n) is 3.97. The molecule has 0 aliphatic carbocycles. The second kappa shape index (κ2) is 11.8. The third-order valence-electron chi connectivity index (χ3n) is 5.91. The van der Waals surface area contributed by atoms with Gasteiger partial charge in [-0.05, 0) is 47.9 Å². The van der Waals surface area contributed by atoms with Crippen LogP contribution in [-0.4, -0.2) is 27.2 Å². The molecule has 1 amide bonds. The van der Waals surface area contributed by atoms with E-state index in [0.29, 0.717) is 11.4 Å². The molecule has 0 heterocycles. The third kappa shape index (κ3) is 7.21. The van der Waals surface area contributed by atoms with Crippen LogP contribution < -0.4 is 14.4 Å². The molecular weight excluding hydrogens is 484 g/mol. The van der Waals surface area contributed by atoms with E-state index < -0.39 is 10.0 Å². The monoisotopic (exact) mass is 514 g/mol. The van der Waals surface area contributed by atoms with Crippen LogP contribution in [0, 0.1) is 6.92 Å². The molecule has 37 heavy (non-hydrogen) atoms. The molecular formula is C30H30N2O4S. The Balaban J connectivity index is 1.41. The smallest absolute Gasteiger partial charge is 0.258 e. The highest BCUT2D eigenvalue weighted by atomic mass is 32.2. The van der Waals surface area contributed by atoms with Crippen molar-refractivity contribution in [3.63, 3.8) is 0 Å². The quantitative estimate of drug-likeness (QED) is 0.314. The number of amides is 1. The van der Waals surface area contributed by atoms with Gasteiger partial charge in [0.25, 0.3) is 5.91 Å². The molecule has 0 saturated carbocycles. The van der Waals surface area contributed by atoms with E-state index in [1.165, 1.54) is 10.6 Å². The van der Waals surface area contributed by atoms with Crippen molar-refractivity contribution < 1.29 is 17.9 Å². The van der Waals surface area contributed by atoms with Gasteiger partial charge in [0.05, 0.1) is 24.5 Å². The van der Waals surface area contributed by atoms with E-state index in [4.69, 9.17) is 4.74 Å². The number of nitrogens with zero attached hydrogens (tertiary/aromatic N) is 1. The number of sulfonamides is 1. The maximum Gasteiger partial charge on any atom is 0.258 e. The van der Waals surface area contributed by atoms with Gasteiger partial charge in [-0.2, -0.15) is 0 Å². The van der Waals surface area contributed by atoms with Gasteiger partial charge in [-0.3, -0.25) is 9.10 Å². The van der Waals surface area contributed by atoms with Crippen molar-refractivity contribution in [2.75, 3.05) is 17.2 Å². The Bertz CT molecular complexity index is 1370. The molecule has 0 aliphatic heterocycles. The van der Waals surface area contributed by atoms with Crippen molar-refractivity contribution in [3.8, 4) is 5.75 Å². The Morgan fingerprint density at radius 2 is 1.35 bits per heavy atom. The van der Waals surface area contributed by atoms with Gasteiger partial charge < -0.3 is 10.1 Å². The van der Waals surface area contributed by atoms with Gasteiger partial charge in [-0.1, -0.05) is 90.5 Å². The van der Waals surface area contributed by atoms with Gasteiger partial charge >= 0.3 is 0 Å². The molecule has 7 heteroatoms. The molecule has 0 bridgehead atoms. The number of anilines is 1. The summed E-state index contributed by atoms with van der Waals surface area (Å²) in [6.07, 6.45) is 1.19. The summed E-state index contributed by atoms with van der Waals surface area (Å²) in [6.45, 7) is 2.04. The number of ether oxygens (including phenoxy) is 1. The lowest BCUT2D eigenvalue weighted by Gasteiger charge is -2.23. The van der Waals surface area contributed by atoms with Gasteiger partial charge in [0, 0.05) is 0 Å². The van der Waals surface area contributed by atoms with Crippen molar-refractivity contribution in [1.29, 1.82) is 0 Å². The van der Waals surface area contributed by atoms with Crippen LogP contribution in [-0.2, 0) is 21.4 Å². The zero-order valence-corrected chi connectivity index (χ0v) is 21.7. The maximum absolute atomic E-state index is 12.8. The average Bonchev–Trinajstić information content (AvgIpc) is 2.91. The Morgan fingerprint density at radius 1 is 0.811 bits per heavy atom. The highest BCUT2D eigenvalue weighted by molar-refractivity contribution is 7.92. The predicted octanol–water partition coefficient (Wildman–Crippen LogP) is 5.25. The standard InChI is InChI=1S/C30H30N2O4S/c1-23-13-15-24(16-14-23)21-32(37(2,34)35)27-17-19-28(20-18-27)36-22-29(33)31-30(25-9-5-3-6-10-25)26-11-7-4-8-12-26/h3-20,30H,21-22H2,1-2H3,(H,31,33). The van der Waals surface area contributed by atoms with Crippen LogP contribution in [0.15, 0.2) is 109 Å². The van der Waals surface area contributed by atoms with E-state index >= 15 is 0 Å². The number of aryl methyl sites for hydroxylation is 1. The summed E-state index contributed by atoms with van der Waals surface area (Å²) < 4.78 is 32.0. The number of benzene rings is 4. The normalized spacial score (nSPS) is 11.2. The zero-order valence-electron chi connectivity index (χ0n) is 20.9. The topological polar surface area (TPSA) is 75.7 Å². The van der Waals surface area contributed by atoms with Crippen molar-refractivity contribution in [2.45, 2.75) is 19.5 Å². The number of nitrogens with one attached hydrogen (secondary N) is 1. The van der Waals surface area contributed by atoms with Crippen LogP contribution in [0.5, 0.6) is 5.75 Å². The molecule has 0 fully saturated rings. The minimum atomic E-state index is -3.50. The van der Waals surface area contributed by atoms with Crippen molar-refractivity contribution >= 4 is 21.6 Å². The Hall–Kier alpha value is -4.10. The summed E-state index contributed by atoms with van der Waals surface area (Å²) in [6, 6.07) is 33.7. The molecule has 0 aromatic heterocycles. The molecule has 0 unspecified atom stereocenters. The van der Waals surface area contributed by atoms with Crippen molar-refractivity contribution in [1.82, 2.24) is 5.32 Å². The molecule has 0 saturated heterocycles. The number of rotatable bonds is 10.